The maximum Gasteiger partial charge on any atom is 0.0462 e. The number of likely N-dealkylation sites (N-methyl/N-ethyl adjacent to an activating group) is 1. The van der Waals surface area contributed by atoms with Crippen LogP contribution in [0.1, 0.15) is 11.1 Å². The molecule has 18 heavy (non-hydrogen) atoms. The summed E-state index contributed by atoms with van der Waals surface area (Å²) < 4.78 is 0. The first kappa shape index (κ1) is 10.2. The standard InChI is InChI=1S/C16H16N2/c1-10-6-13-12-4-3-5-14-16(12)11(8-17-14)7-15(13)18(2)9-10/h3-6,8,15,17H,1,7,9H2,2H3. The van der Waals surface area contributed by atoms with Crippen molar-refractivity contribution in [2.45, 2.75) is 12.5 Å². The summed E-state index contributed by atoms with van der Waals surface area (Å²) in [6.07, 6.45) is 5.56. The van der Waals surface area contributed by atoms with Crippen molar-refractivity contribution in [2.75, 3.05) is 13.6 Å². The summed E-state index contributed by atoms with van der Waals surface area (Å²) in [6.45, 7) is 5.11. The lowest BCUT2D eigenvalue weighted by Gasteiger charge is -2.37. The normalized spacial score (nSPS) is 23.1. The Morgan fingerprint density at radius 3 is 3.17 bits per heavy atom. The fraction of sp³-hybridized carbons (Fsp3) is 0.250. The molecule has 90 valence electrons. The Labute approximate surface area is 107 Å². The summed E-state index contributed by atoms with van der Waals surface area (Å²) in [5.41, 5.74) is 6.72. The highest BCUT2D eigenvalue weighted by atomic mass is 15.1. The minimum atomic E-state index is 0.504. The molecule has 0 radical (unpaired) electrons. The Bertz CT molecular complexity index is 690. The molecule has 1 aromatic heterocycles. The maximum absolute atomic E-state index is 4.14. The molecule has 0 saturated heterocycles. The second kappa shape index (κ2) is 3.36. The third-order valence-corrected chi connectivity index (χ3v) is 4.21. The van der Waals surface area contributed by atoms with E-state index in [-0.39, 0.29) is 0 Å². The molecule has 1 atom stereocenters. The van der Waals surface area contributed by atoms with Crippen LogP contribution in [0.5, 0.6) is 0 Å². The average Bonchev–Trinajstić information content (AvgIpc) is 2.76. The van der Waals surface area contributed by atoms with Gasteiger partial charge >= 0.3 is 0 Å². The van der Waals surface area contributed by atoms with Gasteiger partial charge in [-0.3, -0.25) is 4.90 Å². The van der Waals surface area contributed by atoms with Crippen LogP contribution >= 0.6 is 0 Å². The summed E-state index contributed by atoms with van der Waals surface area (Å²) in [5.74, 6) is 0. The van der Waals surface area contributed by atoms with E-state index in [1.165, 1.54) is 33.2 Å². The Hall–Kier alpha value is -1.80. The van der Waals surface area contributed by atoms with Gasteiger partial charge in [-0.1, -0.05) is 24.8 Å². The predicted octanol–water partition coefficient (Wildman–Crippen LogP) is 2.98. The third kappa shape index (κ3) is 1.21. The molecule has 1 aromatic carbocycles. The molecule has 2 nitrogen and oxygen atoms in total. The van der Waals surface area contributed by atoms with E-state index < -0.39 is 0 Å². The number of nitrogens with one attached hydrogen (secondary N) is 1. The van der Waals surface area contributed by atoms with E-state index in [1.807, 2.05) is 0 Å². The monoisotopic (exact) mass is 236 g/mol. The van der Waals surface area contributed by atoms with E-state index in [1.54, 1.807) is 0 Å². The predicted molar refractivity (Wildman–Crippen MR) is 75.5 cm³/mol. The first-order valence-corrected chi connectivity index (χ1v) is 6.43. The van der Waals surface area contributed by atoms with Gasteiger partial charge in [-0.05, 0) is 41.8 Å². The fourth-order valence-electron chi connectivity index (χ4n) is 3.42. The van der Waals surface area contributed by atoms with Gasteiger partial charge in [-0.25, -0.2) is 0 Å². The lowest BCUT2D eigenvalue weighted by Crippen LogP contribution is -2.39. The summed E-state index contributed by atoms with van der Waals surface area (Å²) >= 11 is 0. The largest absolute Gasteiger partial charge is 0.361 e. The number of fused-ring (bicyclic) bond motifs is 2. The van der Waals surface area contributed by atoms with E-state index in [9.17, 15) is 0 Å². The highest BCUT2D eigenvalue weighted by molar-refractivity contribution is 5.98. The second-order valence-electron chi connectivity index (χ2n) is 5.44. The highest BCUT2D eigenvalue weighted by Gasteiger charge is 2.31. The van der Waals surface area contributed by atoms with Gasteiger partial charge in [0.05, 0.1) is 0 Å². The number of H-pyrrole nitrogens is 1. The lowest BCUT2D eigenvalue weighted by molar-refractivity contribution is 0.305. The van der Waals surface area contributed by atoms with Gasteiger partial charge in [0.2, 0.25) is 0 Å². The molecule has 2 aromatic rings. The Kier molecular flexibility index (Phi) is 1.90. The Morgan fingerprint density at radius 1 is 1.39 bits per heavy atom. The van der Waals surface area contributed by atoms with E-state index >= 15 is 0 Å². The molecule has 1 aliphatic carbocycles. The van der Waals surface area contributed by atoms with Crippen LogP contribution in [-0.4, -0.2) is 29.5 Å². The third-order valence-electron chi connectivity index (χ3n) is 4.21. The van der Waals surface area contributed by atoms with E-state index in [0.717, 1.165) is 13.0 Å². The van der Waals surface area contributed by atoms with Gasteiger partial charge in [0.25, 0.3) is 0 Å². The van der Waals surface area contributed by atoms with Crippen molar-refractivity contribution >= 4 is 16.5 Å². The zero-order chi connectivity index (χ0) is 12.3. The van der Waals surface area contributed by atoms with Gasteiger partial charge < -0.3 is 4.98 Å². The van der Waals surface area contributed by atoms with Gasteiger partial charge in [0.1, 0.15) is 0 Å². The van der Waals surface area contributed by atoms with Gasteiger partial charge in [-0.15, -0.1) is 0 Å². The molecule has 0 bridgehead atoms. The molecule has 2 heteroatoms. The molecule has 0 spiro atoms. The van der Waals surface area contributed by atoms with Gasteiger partial charge in [0.15, 0.2) is 0 Å². The van der Waals surface area contributed by atoms with Crippen LogP contribution in [0.2, 0.25) is 0 Å². The maximum atomic E-state index is 4.14. The topological polar surface area (TPSA) is 19.0 Å². The molecule has 0 amide bonds. The number of aromatic amines is 1. The molecule has 0 fully saturated rings. The van der Waals surface area contributed by atoms with E-state index in [0.29, 0.717) is 6.04 Å². The molecule has 2 aliphatic rings. The first-order valence-electron chi connectivity index (χ1n) is 6.43. The molecule has 1 N–H and O–H groups in total. The highest BCUT2D eigenvalue weighted by Crippen LogP contribution is 2.40. The zero-order valence-electron chi connectivity index (χ0n) is 10.5. The number of aromatic nitrogens is 1. The van der Waals surface area contributed by atoms with Crippen LogP contribution in [0.25, 0.3) is 16.5 Å². The quantitative estimate of drug-likeness (QED) is 0.745. The fourth-order valence-corrected chi connectivity index (χ4v) is 3.42. The van der Waals surface area contributed by atoms with E-state index in [4.69, 9.17) is 0 Å². The molecule has 1 aliphatic heterocycles. The summed E-state index contributed by atoms with van der Waals surface area (Å²) in [4.78, 5) is 5.80. The van der Waals surface area contributed by atoms with Crippen LogP contribution in [0.15, 0.2) is 42.6 Å². The smallest absolute Gasteiger partial charge is 0.0462 e. The number of hydrogen-bond acceptors (Lipinski definition) is 1. The summed E-state index contributed by atoms with van der Waals surface area (Å²) in [7, 11) is 2.20. The van der Waals surface area contributed by atoms with Crippen molar-refractivity contribution < 1.29 is 0 Å². The van der Waals surface area contributed by atoms with Crippen LogP contribution in [0.3, 0.4) is 0 Å². The van der Waals surface area contributed by atoms with Crippen molar-refractivity contribution in [3.8, 4) is 0 Å². The number of rotatable bonds is 0. The summed E-state index contributed by atoms with van der Waals surface area (Å²) in [5, 5.41) is 1.41. The molecular weight excluding hydrogens is 220 g/mol. The van der Waals surface area contributed by atoms with E-state index in [2.05, 4.69) is 54.0 Å². The molecule has 0 saturated carbocycles. The average molecular weight is 236 g/mol. The number of benzene rings is 1. The second-order valence-corrected chi connectivity index (χ2v) is 5.44. The molecule has 4 rings (SSSR count). The molecule has 1 unspecified atom stereocenters. The summed E-state index contributed by atoms with van der Waals surface area (Å²) in [6, 6.07) is 7.04. The van der Waals surface area contributed by atoms with Crippen molar-refractivity contribution in [1.82, 2.24) is 9.88 Å². The first-order chi connectivity index (χ1) is 8.74. The Morgan fingerprint density at radius 2 is 2.28 bits per heavy atom. The van der Waals surface area contributed by atoms with Crippen LogP contribution in [0, 0.1) is 0 Å². The van der Waals surface area contributed by atoms with Crippen LogP contribution in [-0.2, 0) is 6.42 Å². The van der Waals surface area contributed by atoms with Crippen molar-refractivity contribution in [3.05, 3.63) is 53.8 Å². The minimum absolute atomic E-state index is 0.504. The molecule has 2 heterocycles. The van der Waals surface area contributed by atoms with Crippen molar-refractivity contribution in [2.24, 2.45) is 0 Å². The minimum Gasteiger partial charge on any atom is -0.361 e. The SMILES string of the molecule is C=C1C=C2c3cccc4[nH]cc(c34)CC2N(C)C1. The van der Waals surface area contributed by atoms with Crippen LogP contribution < -0.4 is 0 Å². The Balaban J connectivity index is 2.05. The van der Waals surface area contributed by atoms with Gasteiger partial charge in [-0.2, -0.15) is 0 Å². The number of hydrogen-bond donors (Lipinski definition) is 1. The van der Waals surface area contributed by atoms with Crippen LogP contribution in [0.4, 0.5) is 0 Å². The lowest BCUT2D eigenvalue weighted by atomic mass is 9.81. The van der Waals surface area contributed by atoms with Crippen molar-refractivity contribution in [3.63, 3.8) is 0 Å². The van der Waals surface area contributed by atoms with Gasteiger partial charge in [0, 0.05) is 29.7 Å². The number of nitrogens with zero attached hydrogens (tertiary/aromatic N) is 1. The molecular formula is C16H16N2. The zero-order valence-corrected chi connectivity index (χ0v) is 10.5. The van der Waals surface area contributed by atoms with Crippen molar-refractivity contribution in [1.29, 1.82) is 0 Å².